The Labute approximate surface area is 117 Å². The van der Waals surface area contributed by atoms with Gasteiger partial charge in [0.25, 0.3) is 0 Å². The molecule has 0 N–H and O–H groups in total. The maximum absolute atomic E-state index is 9.38. The van der Waals surface area contributed by atoms with Crippen LogP contribution in [0.15, 0.2) is 6.07 Å². The molecule has 0 spiro atoms. The lowest BCUT2D eigenvalue weighted by Crippen LogP contribution is -2.36. The van der Waals surface area contributed by atoms with E-state index in [1.807, 2.05) is 0 Å². The summed E-state index contributed by atoms with van der Waals surface area (Å²) in [6.45, 7) is 15.9. The van der Waals surface area contributed by atoms with Crippen molar-refractivity contribution in [2.45, 2.75) is 66.2 Å². The molecule has 1 heteroatoms. The molecule has 0 saturated heterocycles. The van der Waals surface area contributed by atoms with Crippen LogP contribution in [-0.4, -0.2) is 0 Å². The van der Waals surface area contributed by atoms with Crippen LogP contribution in [0.25, 0.3) is 0 Å². The Morgan fingerprint density at radius 1 is 1.26 bits per heavy atom. The molecule has 0 aliphatic heterocycles. The molecule has 0 fully saturated rings. The van der Waals surface area contributed by atoms with Gasteiger partial charge in [-0.05, 0) is 59.3 Å². The molecule has 0 unspecified atom stereocenters. The second-order valence-corrected chi connectivity index (χ2v) is 6.88. The van der Waals surface area contributed by atoms with Crippen LogP contribution in [0, 0.1) is 30.6 Å². The molecule has 1 nitrogen and oxygen atoms in total. The average molecular weight is 255 g/mol. The third-order valence-corrected chi connectivity index (χ3v) is 6.16. The highest BCUT2D eigenvalue weighted by Crippen LogP contribution is 2.61. The van der Waals surface area contributed by atoms with Gasteiger partial charge in [0.15, 0.2) is 0 Å². The van der Waals surface area contributed by atoms with Crippen LogP contribution in [-0.2, 0) is 5.41 Å². The van der Waals surface area contributed by atoms with Crippen LogP contribution >= 0.6 is 0 Å². The maximum atomic E-state index is 9.38. The lowest BCUT2D eigenvalue weighted by molar-refractivity contribution is 0.155. The quantitative estimate of drug-likeness (QED) is 0.693. The van der Waals surface area contributed by atoms with Gasteiger partial charge in [0.1, 0.15) is 0 Å². The van der Waals surface area contributed by atoms with Gasteiger partial charge in [0.2, 0.25) is 0 Å². The first-order chi connectivity index (χ1) is 8.72. The highest BCUT2D eigenvalue weighted by Gasteiger charge is 2.52. The first kappa shape index (κ1) is 14.1. The molecule has 19 heavy (non-hydrogen) atoms. The number of benzene rings is 1. The van der Waals surface area contributed by atoms with Crippen LogP contribution in [0.2, 0.25) is 0 Å². The zero-order valence-electron chi connectivity index (χ0n) is 13.3. The summed E-state index contributed by atoms with van der Waals surface area (Å²) in [7, 11) is 0. The van der Waals surface area contributed by atoms with Gasteiger partial charge in [0.05, 0.1) is 11.6 Å². The van der Waals surface area contributed by atoms with E-state index in [2.05, 4.69) is 60.6 Å². The predicted octanol–water partition coefficient (Wildman–Crippen LogP) is 4.99. The summed E-state index contributed by atoms with van der Waals surface area (Å²) in [5, 5.41) is 9.38. The lowest BCUT2D eigenvalue weighted by atomic mass is 9.62. The summed E-state index contributed by atoms with van der Waals surface area (Å²) >= 11 is 0. The van der Waals surface area contributed by atoms with Crippen LogP contribution in [0.5, 0.6) is 0 Å². The van der Waals surface area contributed by atoms with Gasteiger partial charge in [-0.25, -0.2) is 0 Å². The highest BCUT2D eigenvalue weighted by atomic mass is 14.6. The Bertz CT molecular complexity index is 574. The molecule has 1 aromatic rings. The van der Waals surface area contributed by atoms with Crippen molar-refractivity contribution in [1.29, 1.82) is 5.26 Å². The zero-order chi connectivity index (χ0) is 14.6. The molecule has 2 rings (SSSR count). The number of hydrogen-bond acceptors (Lipinski definition) is 1. The molecule has 102 valence electrons. The van der Waals surface area contributed by atoms with Crippen molar-refractivity contribution in [2.24, 2.45) is 5.41 Å². The van der Waals surface area contributed by atoms with Gasteiger partial charge in [-0.15, -0.1) is 0 Å². The van der Waals surface area contributed by atoms with Crippen molar-refractivity contribution in [1.82, 2.24) is 0 Å². The lowest BCUT2D eigenvalue weighted by Gasteiger charge is -2.41. The third kappa shape index (κ3) is 1.52. The van der Waals surface area contributed by atoms with Crippen LogP contribution in [0.1, 0.15) is 74.8 Å². The van der Waals surface area contributed by atoms with Crippen LogP contribution in [0.4, 0.5) is 0 Å². The number of nitriles is 1. The fourth-order valence-electron chi connectivity index (χ4n) is 4.16. The number of fused-ring (bicyclic) bond motifs is 1. The summed E-state index contributed by atoms with van der Waals surface area (Å²) in [5.74, 6) is 0.509. The summed E-state index contributed by atoms with van der Waals surface area (Å²) in [6, 6.07) is 4.65. The van der Waals surface area contributed by atoms with E-state index < -0.39 is 0 Å². The normalized spacial score (nSPS) is 28.0. The molecular weight excluding hydrogens is 230 g/mol. The van der Waals surface area contributed by atoms with Gasteiger partial charge in [0, 0.05) is 0 Å². The van der Waals surface area contributed by atoms with Gasteiger partial charge in [-0.1, -0.05) is 40.7 Å². The van der Waals surface area contributed by atoms with E-state index in [1.165, 1.54) is 16.7 Å². The Kier molecular flexibility index (Phi) is 3.05. The Morgan fingerprint density at radius 2 is 1.84 bits per heavy atom. The maximum Gasteiger partial charge on any atom is 0.0997 e. The molecule has 0 amide bonds. The second kappa shape index (κ2) is 4.10. The molecule has 1 aliphatic rings. The summed E-state index contributed by atoms with van der Waals surface area (Å²) in [5.41, 5.74) is 6.52. The van der Waals surface area contributed by atoms with Gasteiger partial charge in [-0.2, -0.15) is 5.26 Å². The van der Waals surface area contributed by atoms with E-state index in [0.717, 1.165) is 17.5 Å². The fraction of sp³-hybridized carbons (Fsp3) is 0.611. The van der Waals surface area contributed by atoms with E-state index in [4.69, 9.17) is 0 Å². The Balaban J connectivity index is 2.84. The van der Waals surface area contributed by atoms with Crippen molar-refractivity contribution in [3.63, 3.8) is 0 Å². The minimum atomic E-state index is 0.167. The first-order valence-corrected chi connectivity index (χ1v) is 7.27. The van der Waals surface area contributed by atoms with Crippen molar-refractivity contribution >= 4 is 0 Å². The van der Waals surface area contributed by atoms with Crippen LogP contribution in [0.3, 0.4) is 0 Å². The summed E-state index contributed by atoms with van der Waals surface area (Å²) in [4.78, 5) is 0. The number of nitrogens with zero attached hydrogens (tertiary/aromatic N) is 1. The molecule has 0 heterocycles. The van der Waals surface area contributed by atoms with E-state index in [1.54, 1.807) is 0 Å². The molecule has 1 aromatic carbocycles. The highest BCUT2D eigenvalue weighted by molar-refractivity contribution is 5.58. The first-order valence-electron chi connectivity index (χ1n) is 7.27. The molecule has 1 aliphatic carbocycles. The molecule has 0 radical (unpaired) electrons. The zero-order valence-corrected chi connectivity index (χ0v) is 13.3. The Hall–Kier alpha value is -1.29. The van der Waals surface area contributed by atoms with Crippen LogP contribution < -0.4 is 0 Å². The molecule has 0 saturated carbocycles. The Morgan fingerprint density at radius 3 is 2.32 bits per heavy atom. The van der Waals surface area contributed by atoms with E-state index in [-0.39, 0.29) is 10.8 Å². The van der Waals surface area contributed by atoms with Crippen molar-refractivity contribution in [3.05, 3.63) is 33.9 Å². The topological polar surface area (TPSA) is 23.8 Å². The molecule has 0 aromatic heterocycles. The minimum absolute atomic E-state index is 0.167. The smallest absolute Gasteiger partial charge is 0.0997 e. The summed E-state index contributed by atoms with van der Waals surface area (Å²) < 4.78 is 0. The summed E-state index contributed by atoms with van der Waals surface area (Å²) in [6.07, 6.45) is 1.16. The second-order valence-electron chi connectivity index (χ2n) is 6.88. The minimum Gasteiger partial charge on any atom is -0.192 e. The molecular formula is C18H25N. The third-order valence-electron chi connectivity index (χ3n) is 6.16. The largest absolute Gasteiger partial charge is 0.192 e. The predicted molar refractivity (Wildman–Crippen MR) is 80.5 cm³/mol. The van der Waals surface area contributed by atoms with Crippen molar-refractivity contribution < 1.29 is 0 Å². The average Bonchev–Trinajstić information content (AvgIpc) is 2.49. The van der Waals surface area contributed by atoms with Gasteiger partial charge >= 0.3 is 0 Å². The standard InChI is InChI=1S/C18H25N/c1-8-18(7)13(4)16-12(3)14(10-19)11(2)9-15(16)17(18,5)6/h9,13H,8H2,1-7H3/t13-,18+/m1/s1. The van der Waals surface area contributed by atoms with Crippen molar-refractivity contribution in [3.8, 4) is 6.07 Å². The van der Waals surface area contributed by atoms with Gasteiger partial charge in [-0.3, -0.25) is 0 Å². The molecule has 2 atom stereocenters. The number of rotatable bonds is 1. The van der Waals surface area contributed by atoms with E-state index >= 15 is 0 Å². The monoisotopic (exact) mass is 255 g/mol. The number of aryl methyl sites for hydroxylation is 1. The molecule has 0 bridgehead atoms. The van der Waals surface area contributed by atoms with E-state index in [0.29, 0.717) is 5.92 Å². The van der Waals surface area contributed by atoms with E-state index in [9.17, 15) is 5.26 Å². The number of hydrogen-bond donors (Lipinski definition) is 0. The van der Waals surface area contributed by atoms with Gasteiger partial charge < -0.3 is 0 Å². The SMILES string of the molecule is CC[C@@]1(C)[C@H](C)c2c(cc(C)c(C#N)c2C)C1(C)C. The van der Waals surface area contributed by atoms with Crippen molar-refractivity contribution in [2.75, 3.05) is 0 Å². The fourth-order valence-corrected chi connectivity index (χ4v) is 4.16.